The van der Waals surface area contributed by atoms with Gasteiger partial charge in [-0.1, -0.05) is 24.3 Å². The summed E-state index contributed by atoms with van der Waals surface area (Å²) in [7, 11) is 1.47. The van der Waals surface area contributed by atoms with Crippen LogP contribution in [0.2, 0.25) is 0 Å². The fraction of sp³-hybridized carbons (Fsp3) is 0.318. The van der Waals surface area contributed by atoms with E-state index in [0.29, 0.717) is 17.2 Å². The van der Waals surface area contributed by atoms with Gasteiger partial charge >= 0.3 is 5.97 Å². The molecule has 2 aromatic carbocycles. The molecular weight excluding hydrogens is 388 g/mol. The van der Waals surface area contributed by atoms with E-state index >= 15 is 0 Å². The summed E-state index contributed by atoms with van der Waals surface area (Å²) in [5, 5.41) is 2.79. The lowest BCUT2D eigenvalue weighted by molar-refractivity contribution is -0.159. The number of benzene rings is 2. The third-order valence-corrected chi connectivity index (χ3v) is 4.58. The Morgan fingerprint density at radius 2 is 1.87 bits per heavy atom. The molecule has 0 spiro atoms. The molecule has 0 unspecified atom stereocenters. The minimum absolute atomic E-state index is 0.00186. The van der Waals surface area contributed by atoms with Crippen LogP contribution in [0.25, 0.3) is 0 Å². The maximum atomic E-state index is 12.2. The Morgan fingerprint density at radius 1 is 1.13 bits per heavy atom. The van der Waals surface area contributed by atoms with Gasteiger partial charge in [0.1, 0.15) is 6.61 Å². The summed E-state index contributed by atoms with van der Waals surface area (Å²) in [4.78, 5) is 37.9. The first-order chi connectivity index (χ1) is 14.3. The van der Waals surface area contributed by atoms with Crippen LogP contribution in [-0.4, -0.2) is 55.6 Å². The summed E-state index contributed by atoms with van der Waals surface area (Å²) < 4.78 is 16.1. The van der Waals surface area contributed by atoms with Gasteiger partial charge in [-0.15, -0.1) is 0 Å². The number of hydrogen-bond acceptors (Lipinski definition) is 6. The lowest BCUT2D eigenvalue weighted by atomic mass is 10.1. The highest BCUT2D eigenvalue weighted by atomic mass is 16.6. The van der Waals surface area contributed by atoms with Crippen LogP contribution in [0.5, 0.6) is 11.5 Å². The second kappa shape index (κ2) is 9.30. The molecule has 0 aliphatic carbocycles. The third kappa shape index (κ3) is 5.28. The maximum absolute atomic E-state index is 12.2. The van der Waals surface area contributed by atoms with Crippen molar-refractivity contribution >= 4 is 23.5 Å². The molecule has 0 bridgehead atoms. The average molecular weight is 412 g/mol. The highest BCUT2D eigenvalue weighted by Crippen LogP contribution is 2.31. The largest absolute Gasteiger partial charge is 0.485 e. The minimum Gasteiger partial charge on any atom is -0.485 e. The molecule has 0 radical (unpaired) electrons. The van der Waals surface area contributed by atoms with Gasteiger partial charge in [-0.3, -0.25) is 9.59 Å². The topological polar surface area (TPSA) is 94.2 Å². The van der Waals surface area contributed by atoms with Crippen LogP contribution in [0.4, 0.5) is 5.69 Å². The number of rotatable bonds is 6. The van der Waals surface area contributed by atoms with E-state index in [9.17, 15) is 14.4 Å². The molecule has 0 saturated heterocycles. The number of para-hydroxylation sites is 2. The van der Waals surface area contributed by atoms with Crippen LogP contribution in [0, 0.1) is 13.8 Å². The molecule has 30 heavy (non-hydrogen) atoms. The highest BCUT2D eigenvalue weighted by molar-refractivity contribution is 5.95. The number of nitrogens with one attached hydrogen (secondary N) is 1. The Balaban J connectivity index is 1.45. The van der Waals surface area contributed by atoms with E-state index < -0.39 is 24.6 Å². The van der Waals surface area contributed by atoms with Gasteiger partial charge in [0.05, 0.1) is 6.54 Å². The molecule has 0 saturated carbocycles. The summed E-state index contributed by atoms with van der Waals surface area (Å²) in [5.74, 6) is -0.557. The standard InChI is InChI=1S/C22H24N2O6/c1-14-8-9-15(2)16(10-14)23-20(25)11-24(3)21(26)13-29-22(27)19-12-28-17-6-4-5-7-18(17)30-19/h4-10,19H,11-13H2,1-3H3,(H,23,25)/t19-/m0/s1. The molecule has 3 rings (SSSR count). The Morgan fingerprint density at radius 3 is 2.63 bits per heavy atom. The molecule has 8 nitrogen and oxygen atoms in total. The molecule has 1 heterocycles. The average Bonchev–Trinajstić information content (AvgIpc) is 2.73. The first-order valence-electron chi connectivity index (χ1n) is 9.49. The number of anilines is 1. The zero-order valence-corrected chi connectivity index (χ0v) is 17.1. The van der Waals surface area contributed by atoms with Gasteiger partial charge < -0.3 is 24.4 Å². The van der Waals surface area contributed by atoms with Crippen LogP contribution in [0.3, 0.4) is 0 Å². The van der Waals surface area contributed by atoms with Crippen molar-refractivity contribution in [3.8, 4) is 11.5 Å². The van der Waals surface area contributed by atoms with Crippen molar-refractivity contribution in [3.63, 3.8) is 0 Å². The maximum Gasteiger partial charge on any atom is 0.351 e. The van der Waals surface area contributed by atoms with Gasteiger partial charge in [-0.05, 0) is 43.2 Å². The SMILES string of the molecule is Cc1ccc(C)c(NC(=O)CN(C)C(=O)COC(=O)[C@@H]2COc3ccccc3O2)c1. The summed E-state index contributed by atoms with van der Waals surface area (Å²) in [6, 6.07) is 12.7. The number of hydrogen-bond donors (Lipinski definition) is 1. The van der Waals surface area contributed by atoms with Crippen molar-refractivity contribution in [2.45, 2.75) is 20.0 Å². The smallest absolute Gasteiger partial charge is 0.351 e. The van der Waals surface area contributed by atoms with E-state index in [0.717, 1.165) is 11.1 Å². The number of amides is 2. The molecule has 2 aromatic rings. The van der Waals surface area contributed by atoms with Crippen LogP contribution in [0.1, 0.15) is 11.1 Å². The Bertz CT molecular complexity index is 958. The molecule has 0 fully saturated rings. The van der Waals surface area contributed by atoms with Gasteiger partial charge in [-0.25, -0.2) is 4.79 Å². The first kappa shape index (κ1) is 21.2. The van der Waals surface area contributed by atoms with Crippen molar-refractivity contribution in [2.24, 2.45) is 0 Å². The van der Waals surface area contributed by atoms with Gasteiger partial charge in [0.25, 0.3) is 5.91 Å². The molecular formula is C22H24N2O6. The van der Waals surface area contributed by atoms with Crippen molar-refractivity contribution in [3.05, 3.63) is 53.6 Å². The van der Waals surface area contributed by atoms with Crippen molar-refractivity contribution in [2.75, 3.05) is 32.1 Å². The molecule has 1 aliphatic rings. The summed E-state index contributed by atoms with van der Waals surface area (Å²) >= 11 is 0. The zero-order valence-electron chi connectivity index (χ0n) is 17.1. The van der Waals surface area contributed by atoms with Crippen molar-refractivity contribution in [1.29, 1.82) is 0 Å². The lowest BCUT2D eigenvalue weighted by Gasteiger charge is -2.25. The Labute approximate surface area is 174 Å². The van der Waals surface area contributed by atoms with Gasteiger partial charge in [0.2, 0.25) is 12.0 Å². The number of fused-ring (bicyclic) bond motifs is 1. The second-order valence-electron chi connectivity index (χ2n) is 7.09. The van der Waals surface area contributed by atoms with Crippen LogP contribution in [-0.2, 0) is 19.1 Å². The number of carbonyl (C=O) groups excluding carboxylic acids is 3. The number of nitrogens with zero attached hydrogens (tertiary/aromatic N) is 1. The fourth-order valence-electron chi connectivity index (χ4n) is 2.84. The fourth-order valence-corrected chi connectivity index (χ4v) is 2.84. The number of aryl methyl sites for hydroxylation is 2. The highest BCUT2D eigenvalue weighted by Gasteiger charge is 2.29. The molecule has 1 aliphatic heterocycles. The molecule has 8 heteroatoms. The molecule has 1 N–H and O–H groups in total. The van der Waals surface area contributed by atoms with Crippen molar-refractivity contribution in [1.82, 2.24) is 4.90 Å². The Hall–Kier alpha value is -3.55. The van der Waals surface area contributed by atoms with E-state index in [1.165, 1.54) is 11.9 Å². The van der Waals surface area contributed by atoms with Crippen LogP contribution < -0.4 is 14.8 Å². The van der Waals surface area contributed by atoms with E-state index in [4.69, 9.17) is 14.2 Å². The normalized spacial score (nSPS) is 14.6. The molecule has 158 valence electrons. The zero-order chi connectivity index (χ0) is 21.7. The van der Waals surface area contributed by atoms with E-state index in [1.807, 2.05) is 32.0 Å². The first-order valence-corrected chi connectivity index (χ1v) is 9.49. The molecule has 1 atom stereocenters. The quantitative estimate of drug-likeness (QED) is 0.730. The van der Waals surface area contributed by atoms with Gasteiger partial charge in [0.15, 0.2) is 18.1 Å². The van der Waals surface area contributed by atoms with Crippen LogP contribution in [0.15, 0.2) is 42.5 Å². The van der Waals surface area contributed by atoms with E-state index in [-0.39, 0.29) is 19.1 Å². The number of carbonyl (C=O) groups is 3. The number of esters is 1. The summed E-state index contributed by atoms with van der Waals surface area (Å²) in [6.07, 6.45) is -0.953. The number of likely N-dealkylation sites (N-methyl/N-ethyl adjacent to an activating group) is 1. The van der Waals surface area contributed by atoms with Gasteiger partial charge in [-0.2, -0.15) is 0 Å². The monoisotopic (exact) mass is 412 g/mol. The predicted octanol–water partition coefficient (Wildman–Crippen LogP) is 2.08. The third-order valence-electron chi connectivity index (χ3n) is 4.58. The molecule has 2 amide bonds. The molecule has 0 aromatic heterocycles. The van der Waals surface area contributed by atoms with Crippen molar-refractivity contribution < 1.29 is 28.6 Å². The van der Waals surface area contributed by atoms with Crippen LogP contribution >= 0.6 is 0 Å². The van der Waals surface area contributed by atoms with E-state index in [1.54, 1.807) is 24.3 Å². The van der Waals surface area contributed by atoms with E-state index in [2.05, 4.69) is 5.32 Å². The summed E-state index contributed by atoms with van der Waals surface area (Å²) in [5.41, 5.74) is 2.64. The summed E-state index contributed by atoms with van der Waals surface area (Å²) in [6.45, 7) is 3.16. The second-order valence-corrected chi connectivity index (χ2v) is 7.09. The predicted molar refractivity (Wildman–Crippen MR) is 109 cm³/mol. The number of ether oxygens (including phenoxy) is 3. The van der Waals surface area contributed by atoms with Gasteiger partial charge in [0, 0.05) is 12.7 Å². The lowest BCUT2D eigenvalue weighted by Crippen LogP contribution is -2.41. The minimum atomic E-state index is -0.953. The Kier molecular flexibility index (Phi) is 6.56.